The minimum Gasteiger partial charge on any atom is -0.508 e. The summed E-state index contributed by atoms with van der Waals surface area (Å²) in [5.74, 6) is 2.03. The molecule has 2 nitrogen and oxygen atoms in total. The van der Waals surface area contributed by atoms with Gasteiger partial charge in [0.15, 0.2) is 0 Å². The van der Waals surface area contributed by atoms with E-state index in [4.69, 9.17) is 0 Å². The van der Waals surface area contributed by atoms with Gasteiger partial charge in [-0.1, -0.05) is 31.9 Å². The summed E-state index contributed by atoms with van der Waals surface area (Å²) in [5, 5.41) is 12.8. The lowest BCUT2D eigenvalue weighted by molar-refractivity contribution is 0.227. The standard InChI is InChI=1S/C16H25NO/c1-12-4-3-5-14(10-12)16(17-2)11-13-6-8-15(18)9-7-13/h6-9,12,14,16-18H,3-5,10-11H2,1-2H3. The SMILES string of the molecule is CNC(Cc1ccc(O)cc1)C1CCCC(C)C1. The van der Waals surface area contributed by atoms with Gasteiger partial charge in [0, 0.05) is 6.04 Å². The van der Waals surface area contributed by atoms with Gasteiger partial charge in [-0.2, -0.15) is 0 Å². The van der Waals surface area contributed by atoms with Crippen LogP contribution in [0.25, 0.3) is 0 Å². The van der Waals surface area contributed by atoms with Crippen LogP contribution in [0.15, 0.2) is 24.3 Å². The van der Waals surface area contributed by atoms with Crippen molar-refractivity contribution >= 4 is 0 Å². The summed E-state index contributed by atoms with van der Waals surface area (Å²) in [6, 6.07) is 8.20. The van der Waals surface area contributed by atoms with Gasteiger partial charge in [0.2, 0.25) is 0 Å². The largest absolute Gasteiger partial charge is 0.508 e. The molecular formula is C16H25NO. The maximum atomic E-state index is 9.32. The van der Waals surface area contributed by atoms with Gasteiger partial charge in [0.25, 0.3) is 0 Å². The van der Waals surface area contributed by atoms with Gasteiger partial charge in [0.05, 0.1) is 0 Å². The van der Waals surface area contributed by atoms with Gasteiger partial charge in [-0.25, -0.2) is 0 Å². The van der Waals surface area contributed by atoms with Crippen molar-refractivity contribution in [2.45, 2.75) is 45.1 Å². The Balaban J connectivity index is 1.98. The Kier molecular flexibility index (Phi) is 4.65. The van der Waals surface area contributed by atoms with Crippen LogP contribution in [0.5, 0.6) is 5.75 Å². The van der Waals surface area contributed by atoms with Crippen LogP contribution < -0.4 is 5.32 Å². The average molecular weight is 247 g/mol. The van der Waals surface area contributed by atoms with Crippen molar-refractivity contribution in [2.75, 3.05) is 7.05 Å². The topological polar surface area (TPSA) is 32.3 Å². The van der Waals surface area contributed by atoms with E-state index in [9.17, 15) is 5.11 Å². The molecule has 1 aromatic carbocycles. The molecule has 0 heterocycles. The predicted molar refractivity (Wildman–Crippen MR) is 75.8 cm³/mol. The van der Waals surface area contributed by atoms with Crippen molar-refractivity contribution in [1.29, 1.82) is 0 Å². The molecule has 1 aromatic rings. The maximum absolute atomic E-state index is 9.32. The summed E-state index contributed by atoms with van der Waals surface area (Å²) in [6.45, 7) is 2.37. The Morgan fingerprint density at radius 1 is 1.28 bits per heavy atom. The molecule has 1 saturated carbocycles. The smallest absolute Gasteiger partial charge is 0.115 e. The highest BCUT2D eigenvalue weighted by Crippen LogP contribution is 2.31. The van der Waals surface area contributed by atoms with Crippen LogP contribution in [0.2, 0.25) is 0 Å². The Hall–Kier alpha value is -1.02. The summed E-state index contributed by atoms with van der Waals surface area (Å²) in [7, 11) is 2.07. The monoisotopic (exact) mass is 247 g/mol. The molecule has 0 saturated heterocycles. The molecule has 3 unspecified atom stereocenters. The lowest BCUT2D eigenvalue weighted by Crippen LogP contribution is -2.37. The molecule has 0 spiro atoms. The first kappa shape index (κ1) is 13.4. The van der Waals surface area contributed by atoms with E-state index in [1.807, 2.05) is 12.1 Å². The summed E-state index contributed by atoms with van der Waals surface area (Å²) < 4.78 is 0. The Morgan fingerprint density at radius 2 is 2.00 bits per heavy atom. The second kappa shape index (κ2) is 6.24. The lowest BCUT2D eigenvalue weighted by atomic mass is 9.77. The molecule has 1 aliphatic rings. The molecule has 0 aromatic heterocycles. The van der Waals surface area contributed by atoms with Crippen molar-refractivity contribution < 1.29 is 5.11 Å². The van der Waals surface area contributed by atoms with Crippen LogP contribution in [-0.2, 0) is 6.42 Å². The number of nitrogens with one attached hydrogen (secondary N) is 1. The first-order valence-corrected chi connectivity index (χ1v) is 7.14. The third-order valence-electron chi connectivity index (χ3n) is 4.31. The molecular weight excluding hydrogens is 222 g/mol. The minimum absolute atomic E-state index is 0.353. The van der Waals surface area contributed by atoms with Crippen LogP contribution >= 0.6 is 0 Å². The molecule has 2 N–H and O–H groups in total. The fraction of sp³-hybridized carbons (Fsp3) is 0.625. The summed E-state index contributed by atoms with van der Waals surface area (Å²) in [4.78, 5) is 0. The van der Waals surface area contributed by atoms with E-state index in [1.54, 1.807) is 12.1 Å². The normalized spacial score (nSPS) is 25.9. The predicted octanol–water partition coefficient (Wildman–Crippen LogP) is 3.35. The van der Waals surface area contributed by atoms with Crippen molar-refractivity contribution in [3.63, 3.8) is 0 Å². The van der Waals surface area contributed by atoms with Crippen LogP contribution in [0.4, 0.5) is 0 Å². The van der Waals surface area contributed by atoms with E-state index in [0.29, 0.717) is 11.8 Å². The quantitative estimate of drug-likeness (QED) is 0.855. The van der Waals surface area contributed by atoms with E-state index in [2.05, 4.69) is 19.3 Å². The number of phenols is 1. The first-order valence-electron chi connectivity index (χ1n) is 7.14. The fourth-order valence-electron chi connectivity index (χ4n) is 3.24. The molecule has 0 amide bonds. The van der Waals surface area contributed by atoms with Gasteiger partial charge in [0.1, 0.15) is 5.75 Å². The van der Waals surface area contributed by atoms with Crippen molar-refractivity contribution in [3.8, 4) is 5.75 Å². The number of rotatable bonds is 4. The number of hydrogen-bond donors (Lipinski definition) is 2. The zero-order chi connectivity index (χ0) is 13.0. The van der Waals surface area contributed by atoms with Crippen LogP contribution in [-0.4, -0.2) is 18.2 Å². The number of aromatic hydroxyl groups is 1. The average Bonchev–Trinajstić information content (AvgIpc) is 2.38. The Bertz CT molecular complexity index is 360. The second-order valence-corrected chi connectivity index (χ2v) is 5.80. The molecule has 2 rings (SSSR count). The van der Waals surface area contributed by atoms with Crippen LogP contribution in [0.3, 0.4) is 0 Å². The molecule has 18 heavy (non-hydrogen) atoms. The van der Waals surface area contributed by atoms with Gasteiger partial charge in [-0.05, 0) is 55.8 Å². The molecule has 0 bridgehead atoms. The second-order valence-electron chi connectivity index (χ2n) is 5.80. The molecule has 0 radical (unpaired) electrons. The van der Waals surface area contributed by atoms with Crippen molar-refractivity contribution in [3.05, 3.63) is 29.8 Å². The first-order chi connectivity index (χ1) is 8.69. The Labute approximate surface area is 110 Å². The summed E-state index contributed by atoms with van der Waals surface area (Å²) >= 11 is 0. The summed E-state index contributed by atoms with van der Waals surface area (Å²) in [5.41, 5.74) is 1.31. The summed E-state index contributed by atoms with van der Waals surface area (Å²) in [6.07, 6.45) is 6.54. The maximum Gasteiger partial charge on any atom is 0.115 e. The van der Waals surface area contributed by atoms with Crippen LogP contribution in [0.1, 0.15) is 38.2 Å². The highest BCUT2D eigenvalue weighted by Gasteiger charge is 2.25. The zero-order valence-electron chi connectivity index (χ0n) is 11.5. The van der Waals surface area contributed by atoms with E-state index < -0.39 is 0 Å². The molecule has 1 aliphatic carbocycles. The van der Waals surface area contributed by atoms with Crippen LogP contribution in [0, 0.1) is 11.8 Å². The highest BCUT2D eigenvalue weighted by molar-refractivity contribution is 5.26. The number of benzene rings is 1. The van der Waals surface area contributed by atoms with Crippen molar-refractivity contribution in [2.24, 2.45) is 11.8 Å². The van der Waals surface area contributed by atoms with E-state index in [1.165, 1.54) is 31.2 Å². The Morgan fingerprint density at radius 3 is 2.61 bits per heavy atom. The number of hydrogen-bond acceptors (Lipinski definition) is 2. The van der Waals surface area contributed by atoms with Gasteiger partial charge < -0.3 is 10.4 Å². The zero-order valence-corrected chi connectivity index (χ0v) is 11.5. The van der Waals surface area contributed by atoms with E-state index >= 15 is 0 Å². The molecule has 3 atom stereocenters. The third-order valence-corrected chi connectivity index (χ3v) is 4.31. The minimum atomic E-state index is 0.353. The third kappa shape index (κ3) is 3.49. The van der Waals surface area contributed by atoms with Gasteiger partial charge in [-0.3, -0.25) is 0 Å². The number of phenolic OH excluding ortho intramolecular Hbond substituents is 1. The lowest BCUT2D eigenvalue weighted by Gasteiger charge is -2.33. The molecule has 100 valence electrons. The highest BCUT2D eigenvalue weighted by atomic mass is 16.3. The van der Waals surface area contributed by atoms with E-state index in [-0.39, 0.29) is 0 Å². The van der Waals surface area contributed by atoms with E-state index in [0.717, 1.165) is 18.3 Å². The fourth-order valence-corrected chi connectivity index (χ4v) is 3.24. The molecule has 2 heteroatoms. The molecule has 1 fully saturated rings. The van der Waals surface area contributed by atoms with Crippen molar-refractivity contribution in [1.82, 2.24) is 5.32 Å². The number of likely N-dealkylation sites (N-methyl/N-ethyl adjacent to an activating group) is 1. The van der Waals surface area contributed by atoms with Gasteiger partial charge in [-0.15, -0.1) is 0 Å². The molecule has 0 aliphatic heterocycles. The van der Waals surface area contributed by atoms with Gasteiger partial charge >= 0.3 is 0 Å².